The van der Waals surface area contributed by atoms with Gasteiger partial charge in [0.05, 0.1) is 6.42 Å². The van der Waals surface area contributed by atoms with Crippen LogP contribution in [0.3, 0.4) is 0 Å². The SMILES string of the molecule is [CH2]c1ccc(N(C(=O)Cc2ccccc2)c2ccccc2)cc1. The zero-order valence-electron chi connectivity index (χ0n) is 12.9. The minimum absolute atomic E-state index is 0.0409. The third kappa shape index (κ3) is 3.67. The lowest BCUT2D eigenvalue weighted by atomic mass is 10.1. The fourth-order valence-corrected chi connectivity index (χ4v) is 2.51. The lowest BCUT2D eigenvalue weighted by Gasteiger charge is -2.23. The van der Waals surface area contributed by atoms with E-state index >= 15 is 0 Å². The van der Waals surface area contributed by atoms with Crippen LogP contribution >= 0.6 is 0 Å². The molecule has 0 bridgehead atoms. The molecule has 3 rings (SSSR count). The molecule has 0 heterocycles. The highest BCUT2D eigenvalue weighted by Crippen LogP contribution is 2.26. The van der Waals surface area contributed by atoms with E-state index in [-0.39, 0.29) is 5.91 Å². The number of carbonyl (C=O) groups excluding carboxylic acids is 1. The van der Waals surface area contributed by atoms with Gasteiger partial charge >= 0.3 is 0 Å². The molecule has 3 aromatic rings. The van der Waals surface area contributed by atoms with Gasteiger partial charge in [-0.2, -0.15) is 0 Å². The monoisotopic (exact) mass is 300 g/mol. The Bertz CT molecular complexity index is 764. The normalized spacial score (nSPS) is 10.3. The second kappa shape index (κ2) is 6.93. The van der Waals surface area contributed by atoms with Crippen molar-refractivity contribution in [2.24, 2.45) is 0 Å². The summed E-state index contributed by atoms with van der Waals surface area (Å²) in [6.45, 7) is 3.90. The molecular weight excluding hydrogens is 282 g/mol. The van der Waals surface area contributed by atoms with Crippen molar-refractivity contribution < 1.29 is 4.79 Å². The molecule has 2 heteroatoms. The average molecular weight is 300 g/mol. The minimum atomic E-state index is 0.0409. The maximum absolute atomic E-state index is 12.9. The van der Waals surface area contributed by atoms with Crippen LogP contribution in [-0.4, -0.2) is 5.91 Å². The van der Waals surface area contributed by atoms with Crippen LogP contribution in [0.2, 0.25) is 0 Å². The second-order valence-corrected chi connectivity index (χ2v) is 5.39. The maximum Gasteiger partial charge on any atom is 0.235 e. The molecule has 3 aromatic carbocycles. The smallest absolute Gasteiger partial charge is 0.235 e. The van der Waals surface area contributed by atoms with Crippen molar-refractivity contribution in [3.8, 4) is 0 Å². The van der Waals surface area contributed by atoms with E-state index in [1.165, 1.54) is 0 Å². The van der Waals surface area contributed by atoms with Gasteiger partial charge in [0.15, 0.2) is 0 Å². The van der Waals surface area contributed by atoms with Gasteiger partial charge in [-0.1, -0.05) is 60.7 Å². The number of anilines is 2. The lowest BCUT2D eigenvalue weighted by Crippen LogP contribution is -2.27. The van der Waals surface area contributed by atoms with Crippen molar-refractivity contribution in [2.45, 2.75) is 6.42 Å². The first kappa shape index (κ1) is 15.0. The Morgan fingerprint density at radius 3 is 1.87 bits per heavy atom. The topological polar surface area (TPSA) is 20.3 Å². The molecule has 0 saturated carbocycles. The summed E-state index contributed by atoms with van der Waals surface area (Å²) < 4.78 is 0. The molecule has 0 atom stereocenters. The first-order valence-electron chi connectivity index (χ1n) is 7.58. The Morgan fingerprint density at radius 2 is 1.26 bits per heavy atom. The van der Waals surface area contributed by atoms with Gasteiger partial charge in [0.2, 0.25) is 5.91 Å². The van der Waals surface area contributed by atoms with Gasteiger partial charge in [-0.05, 0) is 42.3 Å². The summed E-state index contributed by atoms with van der Waals surface area (Å²) in [4.78, 5) is 14.7. The lowest BCUT2D eigenvalue weighted by molar-refractivity contribution is -0.117. The van der Waals surface area contributed by atoms with E-state index in [2.05, 4.69) is 6.92 Å². The molecule has 0 saturated heterocycles. The number of para-hydroxylation sites is 1. The Hall–Kier alpha value is -2.87. The summed E-state index contributed by atoms with van der Waals surface area (Å²) >= 11 is 0. The van der Waals surface area contributed by atoms with Crippen molar-refractivity contribution >= 4 is 17.3 Å². The number of benzene rings is 3. The molecule has 0 fully saturated rings. The van der Waals surface area contributed by atoms with Crippen LogP contribution in [0, 0.1) is 6.92 Å². The van der Waals surface area contributed by atoms with E-state index in [1.807, 2.05) is 84.9 Å². The Kier molecular flexibility index (Phi) is 4.53. The molecule has 2 nitrogen and oxygen atoms in total. The van der Waals surface area contributed by atoms with Gasteiger partial charge < -0.3 is 0 Å². The molecule has 0 aliphatic heterocycles. The van der Waals surface area contributed by atoms with Gasteiger partial charge in [0, 0.05) is 11.4 Å². The molecule has 0 aliphatic rings. The minimum Gasteiger partial charge on any atom is -0.281 e. The quantitative estimate of drug-likeness (QED) is 0.679. The summed E-state index contributed by atoms with van der Waals surface area (Å²) in [6, 6.07) is 27.2. The summed E-state index contributed by atoms with van der Waals surface area (Å²) in [7, 11) is 0. The molecule has 0 spiro atoms. The number of rotatable bonds is 4. The first-order chi connectivity index (χ1) is 11.2. The predicted octanol–water partition coefficient (Wildman–Crippen LogP) is 4.78. The zero-order valence-corrected chi connectivity index (χ0v) is 12.9. The van der Waals surface area contributed by atoms with Crippen molar-refractivity contribution in [3.63, 3.8) is 0 Å². The Morgan fingerprint density at radius 1 is 0.739 bits per heavy atom. The predicted molar refractivity (Wildman–Crippen MR) is 94.6 cm³/mol. The van der Waals surface area contributed by atoms with Gasteiger partial charge in [-0.3, -0.25) is 9.69 Å². The summed E-state index contributed by atoms with van der Waals surface area (Å²) in [5.74, 6) is 0.0409. The van der Waals surface area contributed by atoms with Gasteiger partial charge in [0.25, 0.3) is 0 Å². The number of amides is 1. The molecule has 1 radical (unpaired) electrons. The van der Waals surface area contributed by atoms with Crippen LogP contribution in [0.25, 0.3) is 0 Å². The van der Waals surface area contributed by atoms with Gasteiger partial charge in [-0.25, -0.2) is 0 Å². The van der Waals surface area contributed by atoms with Crippen molar-refractivity contribution in [3.05, 3.63) is 103 Å². The van der Waals surface area contributed by atoms with Crippen molar-refractivity contribution in [2.75, 3.05) is 4.90 Å². The Labute approximate surface area is 137 Å². The number of carbonyl (C=O) groups is 1. The molecule has 0 aliphatic carbocycles. The largest absolute Gasteiger partial charge is 0.281 e. The van der Waals surface area contributed by atoms with E-state index in [4.69, 9.17) is 0 Å². The zero-order chi connectivity index (χ0) is 16.1. The van der Waals surface area contributed by atoms with Crippen LogP contribution < -0.4 is 4.90 Å². The molecule has 0 unspecified atom stereocenters. The van der Waals surface area contributed by atoms with Crippen LogP contribution in [0.15, 0.2) is 84.9 Å². The molecule has 23 heavy (non-hydrogen) atoms. The van der Waals surface area contributed by atoms with Crippen LogP contribution in [0.5, 0.6) is 0 Å². The number of hydrogen-bond donors (Lipinski definition) is 0. The standard InChI is InChI=1S/C21H18NO/c1-17-12-14-20(15-13-17)22(19-10-6-3-7-11-19)21(23)16-18-8-4-2-5-9-18/h2-15H,1,16H2. The average Bonchev–Trinajstić information content (AvgIpc) is 2.59. The molecule has 0 N–H and O–H groups in total. The van der Waals surface area contributed by atoms with E-state index < -0.39 is 0 Å². The molecule has 0 aromatic heterocycles. The molecular formula is C21H18NO. The van der Waals surface area contributed by atoms with E-state index in [0.717, 1.165) is 22.5 Å². The van der Waals surface area contributed by atoms with Gasteiger partial charge in [-0.15, -0.1) is 0 Å². The second-order valence-electron chi connectivity index (χ2n) is 5.39. The third-order valence-electron chi connectivity index (χ3n) is 3.66. The fourth-order valence-electron chi connectivity index (χ4n) is 2.51. The summed E-state index contributed by atoms with van der Waals surface area (Å²) in [6.07, 6.45) is 0.363. The van der Waals surface area contributed by atoms with E-state index in [1.54, 1.807) is 4.90 Å². The summed E-state index contributed by atoms with van der Waals surface area (Å²) in [5, 5.41) is 0. The fraction of sp³-hybridized carbons (Fsp3) is 0.0476. The summed E-state index contributed by atoms with van der Waals surface area (Å²) in [5.41, 5.74) is 3.65. The highest BCUT2D eigenvalue weighted by Gasteiger charge is 2.18. The highest BCUT2D eigenvalue weighted by atomic mass is 16.2. The van der Waals surface area contributed by atoms with Gasteiger partial charge in [0.1, 0.15) is 0 Å². The highest BCUT2D eigenvalue weighted by molar-refractivity contribution is 6.01. The van der Waals surface area contributed by atoms with Crippen LogP contribution in [0.1, 0.15) is 11.1 Å². The maximum atomic E-state index is 12.9. The van der Waals surface area contributed by atoms with E-state index in [9.17, 15) is 4.79 Å². The molecule has 113 valence electrons. The van der Waals surface area contributed by atoms with E-state index in [0.29, 0.717) is 6.42 Å². The number of nitrogens with zero attached hydrogens (tertiary/aromatic N) is 1. The Balaban J connectivity index is 1.95. The first-order valence-corrected chi connectivity index (χ1v) is 7.58. The third-order valence-corrected chi connectivity index (χ3v) is 3.66. The number of hydrogen-bond acceptors (Lipinski definition) is 1. The van der Waals surface area contributed by atoms with Crippen LogP contribution in [-0.2, 0) is 11.2 Å². The van der Waals surface area contributed by atoms with Crippen molar-refractivity contribution in [1.82, 2.24) is 0 Å². The molecule has 1 amide bonds. The van der Waals surface area contributed by atoms with Crippen LogP contribution in [0.4, 0.5) is 11.4 Å². The van der Waals surface area contributed by atoms with Crippen molar-refractivity contribution in [1.29, 1.82) is 0 Å².